The molecule has 21 aromatic rings. The van der Waals surface area contributed by atoms with Crippen LogP contribution in [0.3, 0.4) is 0 Å². The number of nitrogens with zero attached hydrogens (tertiary/aromatic N) is 6. The molecule has 0 saturated heterocycles. The molecule has 9 aromatic heterocycles. The van der Waals surface area contributed by atoms with Gasteiger partial charge in [-0.25, -0.2) is 0 Å². The van der Waals surface area contributed by atoms with Gasteiger partial charge in [-0.05, 0) is 310 Å². The van der Waals surface area contributed by atoms with Crippen LogP contribution in [0.4, 0.5) is 0 Å². The van der Waals surface area contributed by atoms with E-state index in [2.05, 4.69) is 66.3 Å². The molecule has 0 spiro atoms. The number of aryl methyl sites for hydroxylation is 11. The molecule has 12 heteroatoms. The molecule has 3 aliphatic carbocycles. The van der Waals surface area contributed by atoms with Gasteiger partial charge in [-0.1, -0.05) is 228 Å². The number of rotatable bonds is 12. The van der Waals surface area contributed by atoms with Crippen molar-refractivity contribution in [3.8, 4) is 67.5 Å². The van der Waals surface area contributed by atoms with Crippen molar-refractivity contribution in [3.63, 3.8) is 0 Å². The third-order valence-electron chi connectivity index (χ3n) is 25.5. The maximum Gasteiger partial charge on any atom is 0.121 e. The van der Waals surface area contributed by atoms with Crippen LogP contribution in [-0.2, 0) is 60.3 Å². The Morgan fingerprint density at radius 3 is 0.930 bits per heavy atom. The molecule has 3 saturated carbocycles. The maximum absolute atomic E-state index is 9.47. The summed E-state index contributed by atoms with van der Waals surface area (Å²) in [4.78, 5) is 25.9. The van der Waals surface area contributed by atoms with Crippen LogP contribution >= 0.6 is 0 Å². The van der Waals surface area contributed by atoms with Crippen molar-refractivity contribution < 1.29 is 123 Å². The van der Waals surface area contributed by atoms with E-state index < -0.39 is 104 Å². The molecule has 3 aliphatic rings. The Labute approximate surface area is 934 Å². The quantitative estimate of drug-likeness (QED) is 0.110. The Kier molecular flexibility index (Phi) is 22.1. The van der Waals surface area contributed by atoms with E-state index in [0.29, 0.717) is 183 Å². The predicted molar refractivity (Wildman–Crippen MR) is 576 cm³/mol. The summed E-state index contributed by atoms with van der Waals surface area (Å²) in [6, 6.07) is 105. The maximum atomic E-state index is 9.47. The van der Waals surface area contributed by atoms with Crippen LogP contribution < -0.4 is 0 Å². The van der Waals surface area contributed by atoms with E-state index in [4.69, 9.17) is 58.5 Å². The molecule has 723 valence electrons. The fraction of sp³-hybridized carbons (Fsp3) is 0.221. The zero-order valence-electron chi connectivity index (χ0n) is 114. The summed E-state index contributed by atoms with van der Waals surface area (Å²) in [7, 11) is 0. The Balaban J connectivity index is 0.000000154. The number of pyridine rings is 6. The number of hydrogen-bond acceptors (Lipinski definition) is 9. The summed E-state index contributed by atoms with van der Waals surface area (Å²) in [5.74, 6) is -6.12. The van der Waals surface area contributed by atoms with Crippen molar-refractivity contribution in [2.75, 3.05) is 0 Å². The number of aromatic nitrogens is 6. The third-order valence-corrected chi connectivity index (χ3v) is 25.5. The van der Waals surface area contributed by atoms with Crippen LogP contribution in [-0.4, -0.2) is 29.9 Å². The summed E-state index contributed by atoms with van der Waals surface area (Å²) in [6.07, 6.45) is 12.9. The molecule has 0 amide bonds. The summed E-state index contributed by atoms with van der Waals surface area (Å²) in [5, 5.41) is 4.52. The first-order valence-electron chi connectivity index (χ1n) is 64.3. The minimum atomic E-state index is -2.47. The van der Waals surface area contributed by atoms with E-state index in [1.165, 1.54) is 73.4 Å². The van der Waals surface area contributed by atoms with Crippen LogP contribution in [0.15, 0.2) is 348 Å². The standard InChI is InChI=1S/3C31H28NO.2C13H12N.C12H10N.3Ir/c3*1-20-11-16-25-26-9-6-10-27(31(26)33-30(25)17-20)29-18-28(21(2)19-32-29)24-14-12-23(13-15-24)22-7-4-3-5-8-22;1-10-3-6-12(7-4-10)13-8-5-11(2)9-14-13;1-10-8-13(14-9-11(10)2)12-6-4-3-5-7-12;1-10-5-7-11(8-6-10)12-4-2-3-9-13-12;;;/h3*3-9,11,16-19,23-24H,12-15H2,1-2H3;2*3-6,8-9H,1-2H3;2-7,9H,1H3;;;/q6*-1;;;/i3*1D3,2D3,23D,24D;1D3,2D3;2D3;1D3;;;. The second kappa shape index (κ2) is 47.9. The van der Waals surface area contributed by atoms with Crippen LogP contribution in [0.25, 0.3) is 133 Å². The van der Waals surface area contributed by atoms with Crippen molar-refractivity contribution in [1.82, 2.24) is 29.9 Å². The van der Waals surface area contributed by atoms with E-state index in [1.807, 2.05) is 152 Å². The monoisotopic (exact) mass is 2440 g/mol. The van der Waals surface area contributed by atoms with Crippen LogP contribution in [0, 0.1) is 112 Å². The Morgan fingerprint density at radius 2 is 0.594 bits per heavy atom. The van der Waals surface area contributed by atoms with Crippen molar-refractivity contribution in [3.05, 3.63) is 465 Å². The summed E-state index contributed by atoms with van der Waals surface area (Å²) >= 11 is 0. The van der Waals surface area contributed by atoms with E-state index in [9.17, 15) is 4.11 Å². The van der Waals surface area contributed by atoms with Crippen LogP contribution in [0.2, 0.25) is 0 Å². The summed E-state index contributed by atoms with van der Waals surface area (Å²) in [5.41, 5.74) is 16.0. The van der Waals surface area contributed by atoms with Gasteiger partial charge in [0.2, 0.25) is 0 Å². The van der Waals surface area contributed by atoms with Gasteiger partial charge in [0.05, 0.1) is 16.7 Å². The topological polar surface area (TPSA) is 117 Å². The SMILES string of the molecule is [2H]C([2H])([2H])c1c[c-]c(-c2ccc(C([2H])([2H])[2H])cn2)cc1.[2H]C([2H])([2H])c1c[c-]c(-c2ccccn2)cc1.[2H]C([2H])([2H])c1ccc2c(c1)oc1c(-c3cc(C4([2H])CCC([2H])(c5ccccc5)CC4)c(C([2H])([2H])[2H])cn3)[c-]ccc12.[2H]C([2H])([2H])c1ccc2c(c1)oc1c(-c3cc(C4([2H])CCC([2H])(c5ccccc5)CC4)c(C([2H])([2H])[2H])cn3)[c-]ccc12.[2H]C([2H])([2H])c1ccc2c(c1)oc1c(-c3cc(C4([2H])CCC([2H])(c5ccccc5)CC4)c(C([2H])([2H])[2H])cn3)[c-]ccc12.[2H]C([2H])([2H])c1cnc(-c2[c-]cccc2)cc1C.[Ir].[Ir].[Ir]. The molecular formula is C131H118Ir3N6O3-6. The molecule has 9 nitrogen and oxygen atoms in total. The number of hydrogen-bond donors (Lipinski definition) is 0. The molecular weight excluding hydrogens is 2280 g/mol. The Hall–Kier alpha value is -13.1. The normalized spacial score (nSPS) is 23.5. The predicted octanol–water partition coefficient (Wildman–Crippen LogP) is 34.7. The average Bonchev–Trinajstić information content (AvgIpc) is 1.18. The fourth-order valence-electron chi connectivity index (χ4n) is 18.2. The molecule has 12 aromatic carbocycles. The first-order valence-corrected chi connectivity index (χ1v) is 46.3. The first kappa shape index (κ1) is 65.9. The van der Waals surface area contributed by atoms with Gasteiger partial charge >= 0.3 is 0 Å². The second-order valence-corrected chi connectivity index (χ2v) is 34.6. The third kappa shape index (κ3) is 24.4. The van der Waals surface area contributed by atoms with Crippen molar-refractivity contribution in [2.24, 2.45) is 0 Å². The van der Waals surface area contributed by atoms with E-state index in [-0.39, 0.29) is 105 Å². The summed E-state index contributed by atoms with van der Waals surface area (Å²) in [6.45, 7) is -20.9. The van der Waals surface area contributed by atoms with Gasteiger partial charge in [0.1, 0.15) is 16.7 Å². The molecule has 3 radical (unpaired) electrons. The second-order valence-electron chi connectivity index (χ2n) is 34.6. The van der Waals surface area contributed by atoms with Crippen LogP contribution in [0.1, 0.15) is 256 Å². The van der Waals surface area contributed by atoms with E-state index >= 15 is 0 Å². The van der Waals surface area contributed by atoms with E-state index in [1.54, 1.807) is 116 Å². The molecule has 0 aliphatic heterocycles. The molecule has 0 bridgehead atoms. The number of fused-ring (bicyclic) bond motifs is 9. The van der Waals surface area contributed by atoms with Crippen molar-refractivity contribution in [2.45, 2.75) is 188 Å². The van der Waals surface area contributed by atoms with E-state index in [0.717, 1.165) is 77.1 Å². The largest absolute Gasteiger partial charge is 0.501 e. The van der Waals surface area contributed by atoms with Gasteiger partial charge in [-0.2, -0.15) is 0 Å². The fourth-order valence-corrected chi connectivity index (χ4v) is 18.2. The molecule has 0 unspecified atom stereocenters. The first-order chi connectivity index (χ1) is 82.6. The molecule has 0 atom stereocenters. The zero-order chi connectivity index (χ0) is 127. The Morgan fingerprint density at radius 1 is 0.252 bits per heavy atom. The molecule has 24 rings (SSSR count). The minimum absolute atomic E-state index is 0. The van der Waals surface area contributed by atoms with Gasteiger partial charge in [0, 0.05) is 163 Å². The Bertz CT molecular complexity index is 8790. The van der Waals surface area contributed by atoms with Crippen molar-refractivity contribution in [1.29, 1.82) is 0 Å². The molecule has 0 N–H and O–H groups in total. The number of furan rings is 3. The molecule has 3 fully saturated rings. The van der Waals surface area contributed by atoms with Crippen LogP contribution in [0.5, 0.6) is 0 Å². The van der Waals surface area contributed by atoms with Gasteiger partial charge in [0.15, 0.2) is 0 Å². The summed E-state index contributed by atoms with van der Waals surface area (Å²) < 4.78 is 305. The van der Waals surface area contributed by atoms with Gasteiger partial charge < -0.3 is 43.2 Å². The van der Waals surface area contributed by atoms with Crippen molar-refractivity contribution >= 4 is 65.8 Å². The minimum Gasteiger partial charge on any atom is -0.501 e. The smallest absolute Gasteiger partial charge is 0.121 e. The van der Waals surface area contributed by atoms with Gasteiger partial charge in [-0.3, -0.25) is 0 Å². The molecule has 143 heavy (non-hydrogen) atoms. The average molecular weight is 2440 g/mol. The number of benzene rings is 12. The zero-order valence-corrected chi connectivity index (χ0v) is 84.8. The van der Waals surface area contributed by atoms with Gasteiger partial charge in [0.25, 0.3) is 0 Å². The molecule has 9 heterocycles. The van der Waals surface area contributed by atoms with Gasteiger partial charge in [-0.15, -0.1) is 161 Å².